The second kappa shape index (κ2) is 8.65. The van der Waals surface area contributed by atoms with Crippen molar-refractivity contribution >= 4 is 28.2 Å². The van der Waals surface area contributed by atoms with E-state index in [1.807, 2.05) is 37.4 Å². The number of aromatic hydroxyl groups is 1. The Morgan fingerprint density at radius 3 is 2.65 bits per heavy atom. The number of fused-ring (bicyclic) bond motifs is 1. The molecule has 0 atom stereocenters. The highest BCUT2D eigenvalue weighted by Gasteiger charge is 2.20. The summed E-state index contributed by atoms with van der Waals surface area (Å²) in [5.41, 5.74) is 1.39. The lowest BCUT2D eigenvalue weighted by Gasteiger charge is -2.13. The van der Waals surface area contributed by atoms with E-state index in [0.29, 0.717) is 25.1 Å². The maximum atomic E-state index is 12.5. The highest BCUT2D eigenvalue weighted by atomic mass is 35.5. The van der Waals surface area contributed by atoms with Gasteiger partial charge in [0.15, 0.2) is 0 Å². The van der Waals surface area contributed by atoms with Gasteiger partial charge in [-0.2, -0.15) is 0 Å². The predicted octanol–water partition coefficient (Wildman–Crippen LogP) is 3.81. The SMILES string of the molecule is CCC(=NCCc1c[nH]c2ccccc12)c1c(O)n(-c2ccccc2Cl)c(=O)[nH]c1=O. The normalized spacial score (nSPS) is 11.9. The van der Waals surface area contributed by atoms with Crippen LogP contribution in [0.3, 0.4) is 0 Å². The van der Waals surface area contributed by atoms with Crippen LogP contribution in [0.15, 0.2) is 69.3 Å². The summed E-state index contributed by atoms with van der Waals surface area (Å²) in [5.74, 6) is -0.477. The van der Waals surface area contributed by atoms with Crippen molar-refractivity contribution < 1.29 is 5.11 Å². The van der Waals surface area contributed by atoms with Gasteiger partial charge in [0.2, 0.25) is 5.88 Å². The van der Waals surface area contributed by atoms with Crippen LogP contribution < -0.4 is 11.2 Å². The number of nitrogens with one attached hydrogen (secondary N) is 2. The lowest BCUT2D eigenvalue weighted by Crippen LogP contribution is -2.33. The molecular weight excluding hydrogens is 416 g/mol. The number of hydrogen-bond acceptors (Lipinski definition) is 4. The molecule has 31 heavy (non-hydrogen) atoms. The monoisotopic (exact) mass is 436 g/mol. The Hall–Kier alpha value is -3.58. The Morgan fingerprint density at radius 1 is 1.13 bits per heavy atom. The van der Waals surface area contributed by atoms with Gasteiger partial charge in [-0.25, -0.2) is 9.36 Å². The highest BCUT2D eigenvalue weighted by Crippen LogP contribution is 2.24. The number of aliphatic imine (C=N–C) groups is 1. The first-order valence-corrected chi connectivity index (χ1v) is 10.3. The minimum atomic E-state index is -0.770. The largest absolute Gasteiger partial charge is 0.493 e. The lowest BCUT2D eigenvalue weighted by molar-refractivity contribution is 0.429. The molecule has 0 saturated heterocycles. The smallest absolute Gasteiger partial charge is 0.335 e. The van der Waals surface area contributed by atoms with Gasteiger partial charge in [-0.05, 0) is 36.6 Å². The number of nitrogens with zero attached hydrogens (tertiary/aromatic N) is 2. The number of aromatic amines is 2. The van der Waals surface area contributed by atoms with Crippen LogP contribution in [-0.2, 0) is 6.42 Å². The summed E-state index contributed by atoms with van der Waals surface area (Å²) in [7, 11) is 0. The van der Waals surface area contributed by atoms with Gasteiger partial charge >= 0.3 is 5.69 Å². The Morgan fingerprint density at radius 2 is 1.87 bits per heavy atom. The molecule has 0 spiro atoms. The van der Waals surface area contributed by atoms with E-state index >= 15 is 0 Å². The molecule has 0 saturated carbocycles. The van der Waals surface area contributed by atoms with Crippen LogP contribution in [0.4, 0.5) is 0 Å². The minimum Gasteiger partial charge on any atom is -0.493 e. The number of hydrogen-bond donors (Lipinski definition) is 3. The van der Waals surface area contributed by atoms with E-state index in [2.05, 4.69) is 15.0 Å². The minimum absolute atomic E-state index is 0.0269. The maximum absolute atomic E-state index is 12.5. The summed E-state index contributed by atoms with van der Waals surface area (Å²) in [4.78, 5) is 35.0. The van der Waals surface area contributed by atoms with E-state index in [-0.39, 0.29) is 16.3 Å². The van der Waals surface area contributed by atoms with Gasteiger partial charge in [-0.15, -0.1) is 0 Å². The number of H-pyrrole nitrogens is 2. The van der Waals surface area contributed by atoms with Crippen molar-refractivity contribution in [1.82, 2.24) is 14.5 Å². The van der Waals surface area contributed by atoms with Crippen LogP contribution in [0.5, 0.6) is 5.88 Å². The highest BCUT2D eigenvalue weighted by molar-refractivity contribution is 6.32. The molecular formula is C23H21ClN4O3. The molecule has 0 unspecified atom stereocenters. The van der Waals surface area contributed by atoms with E-state index in [1.165, 1.54) is 0 Å². The second-order valence-electron chi connectivity index (χ2n) is 7.04. The quantitative estimate of drug-likeness (QED) is 0.400. The molecule has 8 heteroatoms. The molecule has 0 fully saturated rings. The maximum Gasteiger partial charge on any atom is 0.335 e. The van der Waals surface area contributed by atoms with E-state index in [0.717, 1.165) is 21.0 Å². The van der Waals surface area contributed by atoms with Gasteiger partial charge in [0.1, 0.15) is 5.56 Å². The Labute approximate surface area is 182 Å². The molecule has 4 aromatic rings. The molecule has 7 nitrogen and oxygen atoms in total. The zero-order valence-corrected chi connectivity index (χ0v) is 17.6. The first-order chi connectivity index (χ1) is 15.0. The molecule has 0 amide bonds. The zero-order chi connectivity index (χ0) is 22.0. The molecule has 0 aliphatic rings. The molecule has 0 radical (unpaired) electrons. The predicted molar refractivity (Wildman–Crippen MR) is 123 cm³/mol. The van der Waals surface area contributed by atoms with E-state index in [4.69, 9.17) is 11.6 Å². The van der Waals surface area contributed by atoms with Crippen molar-refractivity contribution in [3.63, 3.8) is 0 Å². The molecule has 2 aromatic heterocycles. The van der Waals surface area contributed by atoms with Crippen LogP contribution in [0.2, 0.25) is 5.02 Å². The van der Waals surface area contributed by atoms with E-state index in [1.54, 1.807) is 24.3 Å². The van der Waals surface area contributed by atoms with E-state index in [9.17, 15) is 14.7 Å². The fourth-order valence-electron chi connectivity index (χ4n) is 3.66. The first-order valence-electron chi connectivity index (χ1n) is 9.93. The number of benzene rings is 2. The summed E-state index contributed by atoms with van der Waals surface area (Å²) >= 11 is 6.20. The van der Waals surface area contributed by atoms with Crippen molar-refractivity contribution in [3.8, 4) is 11.6 Å². The molecule has 0 aliphatic heterocycles. The summed E-state index contributed by atoms with van der Waals surface area (Å²) in [6.45, 7) is 2.27. The lowest BCUT2D eigenvalue weighted by atomic mass is 10.1. The third-order valence-corrected chi connectivity index (χ3v) is 5.48. The van der Waals surface area contributed by atoms with Crippen molar-refractivity contribution in [3.05, 3.63) is 91.7 Å². The van der Waals surface area contributed by atoms with E-state index < -0.39 is 17.1 Å². The zero-order valence-electron chi connectivity index (χ0n) is 16.9. The average Bonchev–Trinajstić information content (AvgIpc) is 3.17. The third-order valence-electron chi connectivity index (χ3n) is 5.16. The molecule has 0 aliphatic carbocycles. The van der Waals surface area contributed by atoms with Gasteiger partial charge in [0.05, 0.1) is 16.4 Å². The standard InChI is InChI=1S/C23H21ClN4O3/c1-2-17(25-12-11-14-13-26-18-9-5-3-7-15(14)18)20-21(29)27-23(31)28(22(20)30)19-10-6-4-8-16(19)24/h3-10,13,26,30H,2,11-12H2,1H3,(H,27,29,31). The molecule has 2 aromatic carbocycles. The fraction of sp³-hybridized carbons (Fsp3) is 0.174. The molecule has 0 bridgehead atoms. The molecule has 2 heterocycles. The summed E-state index contributed by atoms with van der Waals surface area (Å²) in [5, 5.41) is 12.3. The first kappa shape index (κ1) is 20.7. The van der Waals surface area contributed by atoms with Gasteiger partial charge in [-0.1, -0.05) is 48.9 Å². The summed E-state index contributed by atoms with van der Waals surface area (Å²) in [6, 6.07) is 14.6. The Bertz CT molecular complexity index is 1400. The van der Waals surface area contributed by atoms with Crippen LogP contribution in [0.1, 0.15) is 24.5 Å². The van der Waals surface area contributed by atoms with Gasteiger partial charge in [0, 0.05) is 23.6 Å². The number of halogens is 1. The van der Waals surface area contributed by atoms with Crippen molar-refractivity contribution in [2.24, 2.45) is 4.99 Å². The van der Waals surface area contributed by atoms with Crippen molar-refractivity contribution in [2.45, 2.75) is 19.8 Å². The molecule has 4 rings (SSSR count). The average molecular weight is 437 g/mol. The molecule has 158 valence electrons. The Kier molecular flexibility index (Phi) is 5.77. The number of rotatable bonds is 6. The second-order valence-corrected chi connectivity index (χ2v) is 7.44. The molecule has 3 N–H and O–H groups in total. The Balaban J connectivity index is 1.71. The third kappa shape index (κ3) is 3.92. The van der Waals surface area contributed by atoms with Crippen LogP contribution in [0, 0.1) is 0 Å². The fourth-order valence-corrected chi connectivity index (χ4v) is 3.88. The van der Waals surface area contributed by atoms with Crippen molar-refractivity contribution in [2.75, 3.05) is 6.54 Å². The number of aromatic nitrogens is 3. The van der Waals surface area contributed by atoms with Crippen LogP contribution in [-0.4, -0.2) is 31.9 Å². The van der Waals surface area contributed by atoms with Gasteiger partial charge in [-0.3, -0.25) is 14.8 Å². The number of para-hydroxylation sites is 2. The topological polar surface area (TPSA) is 103 Å². The van der Waals surface area contributed by atoms with Crippen LogP contribution >= 0.6 is 11.6 Å². The van der Waals surface area contributed by atoms with Gasteiger partial charge < -0.3 is 10.1 Å². The van der Waals surface area contributed by atoms with Crippen LogP contribution in [0.25, 0.3) is 16.6 Å². The summed E-state index contributed by atoms with van der Waals surface area (Å²) < 4.78 is 0.990. The van der Waals surface area contributed by atoms with Crippen molar-refractivity contribution in [1.29, 1.82) is 0 Å². The summed E-state index contributed by atoms with van der Waals surface area (Å²) in [6.07, 6.45) is 3.02. The van der Waals surface area contributed by atoms with Gasteiger partial charge in [0.25, 0.3) is 5.56 Å².